The fraction of sp³-hybridized carbons (Fsp3) is 0.743. The fourth-order valence-electron chi connectivity index (χ4n) is 6.50. The van der Waals surface area contributed by atoms with E-state index in [1.807, 2.05) is 41.5 Å². The van der Waals surface area contributed by atoms with Crippen molar-refractivity contribution in [2.75, 3.05) is 11.9 Å². The maximum Gasteiger partial charge on any atom is 0.411 e. The quantitative estimate of drug-likeness (QED) is 0.329. The molecular formula is C35H58N4O5. The fourth-order valence-corrected chi connectivity index (χ4v) is 6.50. The Morgan fingerprint density at radius 2 is 1.32 bits per heavy atom. The zero-order valence-electron chi connectivity index (χ0n) is 29.2. The number of piperazine rings is 1. The molecule has 0 aromatic heterocycles. The van der Waals surface area contributed by atoms with Gasteiger partial charge in [0.15, 0.2) is 0 Å². The highest BCUT2D eigenvalue weighted by Gasteiger charge is 2.56. The van der Waals surface area contributed by atoms with E-state index in [1.54, 1.807) is 20.8 Å². The summed E-state index contributed by atoms with van der Waals surface area (Å²) < 4.78 is 5.79. The Labute approximate surface area is 265 Å². The second-order valence-corrected chi connectivity index (χ2v) is 17.0. The normalized spacial score (nSPS) is 25.3. The van der Waals surface area contributed by atoms with Crippen LogP contribution in [-0.2, 0) is 14.9 Å². The number of benzene rings is 1. The summed E-state index contributed by atoms with van der Waals surface area (Å²) in [6, 6.07) is 6.51. The second kappa shape index (κ2) is 12.8. The van der Waals surface area contributed by atoms with E-state index in [0.29, 0.717) is 6.04 Å². The van der Waals surface area contributed by atoms with Gasteiger partial charge in [0.1, 0.15) is 11.6 Å². The number of carbonyl (C=O) groups is 3. The number of carbonyl (C=O) groups excluding carboxylic acids is 2. The van der Waals surface area contributed by atoms with E-state index in [-0.39, 0.29) is 23.9 Å². The third-order valence-corrected chi connectivity index (χ3v) is 8.84. The number of rotatable bonds is 4. The van der Waals surface area contributed by atoms with Gasteiger partial charge >= 0.3 is 12.2 Å². The highest BCUT2D eigenvalue weighted by atomic mass is 16.6. The molecule has 3 amide bonds. The Morgan fingerprint density at radius 3 is 1.75 bits per heavy atom. The summed E-state index contributed by atoms with van der Waals surface area (Å²) in [6.45, 7) is 23.7. The van der Waals surface area contributed by atoms with E-state index < -0.39 is 46.7 Å². The molecule has 9 heteroatoms. The summed E-state index contributed by atoms with van der Waals surface area (Å²) in [5.74, 6) is -0.330. The molecular weight excluding hydrogens is 556 g/mol. The Morgan fingerprint density at radius 1 is 0.795 bits per heavy atom. The molecule has 44 heavy (non-hydrogen) atoms. The minimum Gasteiger partial charge on any atom is -0.465 e. The molecule has 1 aliphatic heterocycles. The van der Waals surface area contributed by atoms with Crippen molar-refractivity contribution in [3.05, 3.63) is 29.8 Å². The molecule has 1 saturated carbocycles. The van der Waals surface area contributed by atoms with Crippen molar-refractivity contribution in [1.29, 1.82) is 0 Å². The van der Waals surface area contributed by atoms with Gasteiger partial charge in [0.05, 0.1) is 12.1 Å². The predicted molar refractivity (Wildman–Crippen MR) is 176 cm³/mol. The largest absolute Gasteiger partial charge is 0.465 e. The van der Waals surface area contributed by atoms with Crippen molar-refractivity contribution in [2.24, 2.45) is 10.8 Å². The molecule has 2 fully saturated rings. The third-order valence-electron chi connectivity index (χ3n) is 8.84. The molecule has 9 nitrogen and oxygen atoms in total. The van der Waals surface area contributed by atoms with Crippen LogP contribution in [-0.4, -0.2) is 75.4 Å². The van der Waals surface area contributed by atoms with E-state index in [9.17, 15) is 19.5 Å². The van der Waals surface area contributed by atoms with Gasteiger partial charge in [-0.25, -0.2) is 9.59 Å². The van der Waals surface area contributed by atoms with Crippen LogP contribution in [0.25, 0.3) is 0 Å². The van der Waals surface area contributed by atoms with Gasteiger partial charge in [0, 0.05) is 24.3 Å². The van der Waals surface area contributed by atoms with Gasteiger partial charge in [-0.15, -0.1) is 0 Å². The number of anilines is 1. The summed E-state index contributed by atoms with van der Waals surface area (Å²) >= 11 is 0. The standard InChI is InChI=1S/C35H58N4O5/c1-32(2,3)22-13-15-23(16-14-22)36-24-17-19-25(20-18-24)37-29(40)27-28(34(7,8)9)39(30(41)42)26(33(4,5)6)21-38(27)31(43)44-35(10,11)12/h13-16,24-28,36H,17-21H2,1-12H3,(H,37,40)(H,41,42). The van der Waals surface area contributed by atoms with Crippen LogP contribution in [0.5, 0.6) is 0 Å². The number of carboxylic acid groups (broad SMARTS) is 1. The molecule has 1 aromatic rings. The summed E-state index contributed by atoms with van der Waals surface area (Å²) in [6.07, 6.45) is 1.67. The highest BCUT2D eigenvalue weighted by Crippen LogP contribution is 2.40. The summed E-state index contributed by atoms with van der Waals surface area (Å²) in [5.41, 5.74) is 0.594. The lowest BCUT2D eigenvalue weighted by Gasteiger charge is -2.56. The van der Waals surface area contributed by atoms with Gasteiger partial charge in [-0.2, -0.15) is 0 Å². The van der Waals surface area contributed by atoms with E-state index >= 15 is 0 Å². The average Bonchev–Trinajstić information content (AvgIpc) is 2.86. The van der Waals surface area contributed by atoms with Gasteiger partial charge in [-0.3, -0.25) is 14.6 Å². The molecule has 0 bridgehead atoms. The smallest absolute Gasteiger partial charge is 0.411 e. The Bertz CT molecular complexity index is 1160. The Balaban J connectivity index is 1.82. The SMILES string of the molecule is CC(C)(C)OC(=O)N1CC(C(C)(C)C)N(C(=O)O)C(C(C)(C)C)C1C(=O)NC1CCC(Nc2ccc(C(C)(C)C)cc2)CC1. The van der Waals surface area contributed by atoms with Gasteiger partial charge in [0.2, 0.25) is 5.91 Å². The van der Waals surface area contributed by atoms with Crippen molar-refractivity contribution < 1.29 is 24.2 Å². The van der Waals surface area contributed by atoms with Crippen LogP contribution < -0.4 is 10.6 Å². The lowest BCUT2D eigenvalue weighted by atomic mass is 9.74. The lowest BCUT2D eigenvalue weighted by Crippen LogP contribution is -2.75. The Hall–Kier alpha value is -2.97. The zero-order chi connectivity index (χ0) is 33.4. The number of ether oxygens (including phenoxy) is 1. The highest BCUT2D eigenvalue weighted by molar-refractivity contribution is 5.88. The topological polar surface area (TPSA) is 111 Å². The van der Waals surface area contributed by atoms with E-state index in [2.05, 4.69) is 55.7 Å². The maximum atomic E-state index is 14.2. The molecule has 0 spiro atoms. The van der Waals surface area contributed by atoms with Crippen molar-refractivity contribution in [3.8, 4) is 0 Å². The van der Waals surface area contributed by atoms with Crippen molar-refractivity contribution in [3.63, 3.8) is 0 Å². The number of amides is 3. The van der Waals surface area contributed by atoms with Crippen LogP contribution >= 0.6 is 0 Å². The number of hydrogen-bond acceptors (Lipinski definition) is 5. The minimum atomic E-state index is -1.09. The molecule has 1 heterocycles. The Kier molecular flexibility index (Phi) is 10.3. The molecule has 1 saturated heterocycles. The molecule has 3 atom stereocenters. The zero-order valence-corrected chi connectivity index (χ0v) is 29.2. The van der Waals surface area contributed by atoms with Gasteiger partial charge < -0.3 is 20.5 Å². The van der Waals surface area contributed by atoms with E-state index in [1.165, 1.54) is 15.4 Å². The molecule has 2 aliphatic rings. The molecule has 1 aliphatic carbocycles. The number of nitrogens with zero attached hydrogens (tertiary/aromatic N) is 2. The first-order chi connectivity index (χ1) is 20.0. The first-order valence-electron chi connectivity index (χ1n) is 16.2. The number of nitrogens with one attached hydrogen (secondary N) is 2. The molecule has 3 rings (SSSR count). The van der Waals surface area contributed by atoms with Gasteiger partial charge in [-0.05, 0) is 80.4 Å². The molecule has 1 aromatic carbocycles. The predicted octanol–water partition coefficient (Wildman–Crippen LogP) is 7.25. The first-order valence-corrected chi connectivity index (χ1v) is 16.2. The van der Waals surface area contributed by atoms with Crippen LogP contribution in [0.15, 0.2) is 24.3 Å². The van der Waals surface area contributed by atoms with Gasteiger partial charge in [0.25, 0.3) is 0 Å². The summed E-state index contributed by atoms with van der Waals surface area (Å²) in [4.78, 5) is 43.7. The maximum absolute atomic E-state index is 14.2. The average molecular weight is 615 g/mol. The van der Waals surface area contributed by atoms with Crippen molar-refractivity contribution >= 4 is 23.8 Å². The number of hydrogen-bond donors (Lipinski definition) is 3. The lowest BCUT2D eigenvalue weighted by molar-refractivity contribution is -0.140. The minimum absolute atomic E-state index is 0.0662. The molecule has 0 radical (unpaired) electrons. The molecule has 3 N–H and O–H groups in total. The van der Waals surface area contributed by atoms with Crippen LogP contribution in [0.3, 0.4) is 0 Å². The third kappa shape index (κ3) is 8.81. The summed E-state index contributed by atoms with van der Waals surface area (Å²) in [5, 5.41) is 17.4. The van der Waals surface area contributed by atoms with Crippen LogP contribution in [0.1, 0.15) is 114 Å². The van der Waals surface area contributed by atoms with Crippen LogP contribution in [0, 0.1) is 10.8 Å². The second-order valence-electron chi connectivity index (χ2n) is 17.0. The monoisotopic (exact) mass is 614 g/mol. The van der Waals surface area contributed by atoms with Crippen molar-refractivity contribution in [2.45, 2.75) is 150 Å². The van der Waals surface area contributed by atoms with E-state index in [0.717, 1.165) is 31.4 Å². The first kappa shape index (κ1) is 35.5. The van der Waals surface area contributed by atoms with Crippen LogP contribution in [0.2, 0.25) is 0 Å². The van der Waals surface area contributed by atoms with Crippen LogP contribution in [0.4, 0.5) is 15.3 Å². The van der Waals surface area contributed by atoms with E-state index in [4.69, 9.17) is 4.74 Å². The van der Waals surface area contributed by atoms with Crippen molar-refractivity contribution in [1.82, 2.24) is 15.1 Å². The summed E-state index contributed by atoms with van der Waals surface area (Å²) in [7, 11) is 0. The molecule has 3 unspecified atom stereocenters. The van der Waals surface area contributed by atoms with Gasteiger partial charge in [-0.1, -0.05) is 74.4 Å². The molecule has 248 valence electrons.